The molecule has 0 fully saturated rings. The molecule has 0 atom stereocenters. The molecule has 23 heavy (non-hydrogen) atoms. The zero-order chi connectivity index (χ0) is 16.6. The lowest BCUT2D eigenvalue weighted by Crippen LogP contribution is -2.47. The molecule has 0 saturated heterocycles. The van der Waals surface area contributed by atoms with E-state index >= 15 is 0 Å². The number of nitrogens with zero attached hydrogens (tertiary/aromatic N) is 2. The second-order valence-corrected chi connectivity index (χ2v) is 6.24. The molecule has 1 aromatic rings. The zero-order valence-electron chi connectivity index (χ0n) is 14.3. The number of hydrogen-bond acceptors (Lipinski definition) is 3. The van der Waals surface area contributed by atoms with Crippen molar-refractivity contribution >= 4 is 35.6 Å². The van der Waals surface area contributed by atoms with Crippen LogP contribution in [0, 0.1) is 10.1 Å². The van der Waals surface area contributed by atoms with E-state index in [-0.39, 0.29) is 35.2 Å². The van der Waals surface area contributed by atoms with Gasteiger partial charge in [-0.05, 0) is 32.8 Å². The smallest absolute Gasteiger partial charge is 0.269 e. The highest BCUT2D eigenvalue weighted by Gasteiger charge is 2.12. The molecule has 0 amide bonds. The lowest BCUT2D eigenvalue weighted by molar-refractivity contribution is -0.384. The summed E-state index contributed by atoms with van der Waals surface area (Å²) in [4.78, 5) is 14.8. The molecule has 7 heteroatoms. The van der Waals surface area contributed by atoms with Gasteiger partial charge in [0.25, 0.3) is 5.69 Å². The van der Waals surface area contributed by atoms with Crippen LogP contribution in [-0.4, -0.2) is 23.0 Å². The molecule has 0 aliphatic rings. The Bertz CT molecular complexity index is 510. The number of rotatable bonds is 6. The number of benzene rings is 1. The number of halogens is 1. The van der Waals surface area contributed by atoms with Crippen LogP contribution >= 0.6 is 24.0 Å². The molecular weight excluding hydrogens is 407 g/mol. The van der Waals surface area contributed by atoms with Crippen molar-refractivity contribution in [1.82, 2.24) is 10.6 Å². The van der Waals surface area contributed by atoms with Crippen LogP contribution in [0.4, 0.5) is 5.69 Å². The lowest BCUT2D eigenvalue weighted by Gasteiger charge is -2.24. The highest BCUT2D eigenvalue weighted by molar-refractivity contribution is 14.0. The summed E-state index contributed by atoms with van der Waals surface area (Å²) >= 11 is 0. The SMILES string of the molecule is CCCCNC(=NCc1ccc([N+](=O)[O-])cc1)NC(C)(C)C.I. The van der Waals surface area contributed by atoms with Gasteiger partial charge in [0.15, 0.2) is 5.96 Å². The van der Waals surface area contributed by atoms with Crippen LogP contribution in [0.2, 0.25) is 0 Å². The van der Waals surface area contributed by atoms with Crippen LogP contribution in [0.15, 0.2) is 29.3 Å². The van der Waals surface area contributed by atoms with Gasteiger partial charge in [-0.25, -0.2) is 4.99 Å². The number of unbranched alkanes of at least 4 members (excludes halogenated alkanes) is 1. The van der Waals surface area contributed by atoms with Crippen molar-refractivity contribution < 1.29 is 4.92 Å². The van der Waals surface area contributed by atoms with Gasteiger partial charge in [-0.2, -0.15) is 0 Å². The number of nitrogens with one attached hydrogen (secondary N) is 2. The van der Waals surface area contributed by atoms with Crippen molar-refractivity contribution in [1.29, 1.82) is 0 Å². The minimum Gasteiger partial charge on any atom is -0.356 e. The van der Waals surface area contributed by atoms with Crippen molar-refractivity contribution in [2.75, 3.05) is 6.54 Å². The molecule has 0 heterocycles. The minimum absolute atomic E-state index is 0. The lowest BCUT2D eigenvalue weighted by atomic mass is 10.1. The molecule has 1 rings (SSSR count). The van der Waals surface area contributed by atoms with Gasteiger partial charge in [-0.15, -0.1) is 24.0 Å². The summed E-state index contributed by atoms with van der Waals surface area (Å²) in [5, 5.41) is 17.3. The fourth-order valence-corrected chi connectivity index (χ4v) is 1.77. The number of nitro groups is 1. The third-order valence-electron chi connectivity index (χ3n) is 2.88. The quantitative estimate of drug-likeness (QED) is 0.178. The number of aliphatic imine (C=N–C) groups is 1. The average Bonchev–Trinajstić information content (AvgIpc) is 2.44. The molecule has 130 valence electrons. The zero-order valence-corrected chi connectivity index (χ0v) is 16.6. The monoisotopic (exact) mass is 434 g/mol. The predicted molar refractivity (Wildman–Crippen MR) is 105 cm³/mol. The second kappa shape index (κ2) is 10.4. The second-order valence-electron chi connectivity index (χ2n) is 6.24. The van der Waals surface area contributed by atoms with Crippen LogP contribution in [0.3, 0.4) is 0 Å². The summed E-state index contributed by atoms with van der Waals surface area (Å²) in [5.74, 6) is 0.763. The van der Waals surface area contributed by atoms with E-state index in [4.69, 9.17) is 0 Å². The highest BCUT2D eigenvalue weighted by atomic mass is 127. The Morgan fingerprint density at radius 2 is 1.87 bits per heavy atom. The Hall–Kier alpha value is -1.38. The summed E-state index contributed by atoms with van der Waals surface area (Å²) in [6, 6.07) is 6.49. The van der Waals surface area contributed by atoms with E-state index in [1.54, 1.807) is 12.1 Å². The fourth-order valence-electron chi connectivity index (χ4n) is 1.77. The molecule has 0 radical (unpaired) electrons. The Morgan fingerprint density at radius 3 is 2.35 bits per heavy atom. The van der Waals surface area contributed by atoms with Gasteiger partial charge in [-0.1, -0.05) is 25.5 Å². The van der Waals surface area contributed by atoms with E-state index in [0.29, 0.717) is 6.54 Å². The Balaban J connectivity index is 0.00000484. The fraction of sp³-hybridized carbons (Fsp3) is 0.562. The van der Waals surface area contributed by atoms with Crippen molar-refractivity contribution in [3.63, 3.8) is 0 Å². The molecule has 0 saturated carbocycles. The molecule has 0 bridgehead atoms. The van der Waals surface area contributed by atoms with Gasteiger partial charge in [-0.3, -0.25) is 10.1 Å². The molecule has 6 nitrogen and oxygen atoms in total. The normalized spacial score (nSPS) is 11.6. The molecule has 1 aromatic carbocycles. The van der Waals surface area contributed by atoms with Gasteiger partial charge in [0.2, 0.25) is 0 Å². The first kappa shape index (κ1) is 21.6. The van der Waals surface area contributed by atoms with Gasteiger partial charge >= 0.3 is 0 Å². The largest absolute Gasteiger partial charge is 0.356 e. The first-order valence-corrected chi connectivity index (χ1v) is 7.61. The van der Waals surface area contributed by atoms with Crippen molar-refractivity contribution in [3.05, 3.63) is 39.9 Å². The number of hydrogen-bond donors (Lipinski definition) is 2. The summed E-state index contributed by atoms with van der Waals surface area (Å²) in [7, 11) is 0. The van der Waals surface area contributed by atoms with Crippen LogP contribution in [0.1, 0.15) is 46.1 Å². The maximum Gasteiger partial charge on any atom is 0.269 e. The molecule has 0 unspecified atom stereocenters. The standard InChI is InChI=1S/C16H26N4O2.HI/c1-5-6-11-17-15(19-16(2,3)4)18-12-13-7-9-14(10-8-13)20(21)22;/h7-10H,5-6,11-12H2,1-4H3,(H2,17,18,19);1H. The van der Waals surface area contributed by atoms with Gasteiger partial charge in [0.1, 0.15) is 0 Å². The minimum atomic E-state index is -0.397. The molecule has 2 N–H and O–H groups in total. The average molecular weight is 434 g/mol. The Morgan fingerprint density at radius 1 is 1.26 bits per heavy atom. The maximum absolute atomic E-state index is 10.6. The van der Waals surface area contributed by atoms with Crippen LogP contribution in [-0.2, 0) is 6.54 Å². The molecule has 0 aliphatic carbocycles. The Labute approximate surface area is 155 Å². The van der Waals surface area contributed by atoms with E-state index in [1.165, 1.54) is 12.1 Å². The highest BCUT2D eigenvalue weighted by Crippen LogP contribution is 2.12. The number of guanidine groups is 1. The number of nitro benzene ring substituents is 1. The van der Waals surface area contributed by atoms with Gasteiger partial charge in [0.05, 0.1) is 11.5 Å². The molecule has 0 aliphatic heterocycles. The van der Waals surface area contributed by atoms with E-state index in [2.05, 4.69) is 43.3 Å². The van der Waals surface area contributed by atoms with Crippen molar-refractivity contribution in [2.24, 2.45) is 4.99 Å². The Kier molecular flexibility index (Phi) is 9.78. The number of non-ortho nitro benzene ring substituents is 1. The van der Waals surface area contributed by atoms with Crippen LogP contribution < -0.4 is 10.6 Å². The van der Waals surface area contributed by atoms with Crippen LogP contribution in [0.25, 0.3) is 0 Å². The summed E-state index contributed by atoms with van der Waals surface area (Å²) < 4.78 is 0. The van der Waals surface area contributed by atoms with Crippen molar-refractivity contribution in [2.45, 2.75) is 52.6 Å². The van der Waals surface area contributed by atoms with E-state index in [9.17, 15) is 10.1 Å². The summed E-state index contributed by atoms with van der Waals surface area (Å²) in [6.07, 6.45) is 2.21. The van der Waals surface area contributed by atoms with Crippen LogP contribution in [0.5, 0.6) is 0 Å². The van der Waals surface area contributed by atoms with E-state index < -0.39 is 4.92 Å². The third kappa shape index (κ3) is 9.37. The molecule has 0 spiro atoms. The van der Waals surface area contributed by atoms with E-state index in [1.807, 2.05) is 0 Å². The topological polar surface area (TPSA) is 79.6 Å². The first-order valence-electron chi connectivity index (χ1n) is 7.61. The van der Waals surface area contributed by atoms with Crippen molar-refractivity contribution in [3.8, 4) is 0 Å². The summed E-state index contributed by atoms with van der Waals surface area (Å²) in [5.41, 5.74) is 0.964. The predicted octanol–water partition coefficient (Wildman–Crippen LogP) is 3.85. The third-order valence-corrected chi connectivity index (χ3v) is 2.88. The summed E-state index contributed by atoms with van der Waals surface area (Å²) in [6.45, 7) is 9.74. The molecule has 0 aromatic heterocycles. The van der Waals surface area contributed by atoms with Gasteiger partial charge < -0.3 is 10.6 Å². The van der Waals surface area contributed by atoms with Gasteiger partial charge in [0, 0.05) is 24.2 Å². The molecular formula is C16H27IN4O2. The first-order chi connectivity index (χ1) is 10.3. The van der Waals surface area contributed by atoms with E-state index in [0.717, 1.165) is 30.9 Å². The maximum atomic E-state index is 10.6.